The molecule has 2 aromatic rings. The highest BCUT2D eigenvalue weighted by molar-refractivity contribution is 6.00. The summed E-state index contributed by atoms with van der Waals surface area (Å²) in [5.74, 6) is 0.574. The van der Waals surface area contributed by atoms with E-state index in [9.17, 15) is 4.79 Å². The van der Waals surface area contributed by atoms with Gasteiger partial charge in [0.15, 0.2) is 0 Å². The van der Waals surface area contributed by atoms with Gasteiger partial charge in [-0.3, -0.25) is 4.79 Å². The Morgan fingerprint density at radius 1 is 1.22 bits per heavy atom. The van der Waals surface area contributed by atoms with E-state index in [0.717, 1.165) is 17.1 Å². The summed E-state index contributed by atoms with van der Waals surface area (Å²) in [6, 6.07) is 14.7. The first-order chi connectivity index (χ1) is 11.1. The summed E-state index contributed by atoms with van der Waals surface area (Å²) >= 11 is 0. The molecule has 0 aliphatic rings. The molecule has 0 heterocycles. The van der Waals surface area contributed by atoms with Gasteiger partial charge in [-0.2, -0.15) is 0 Å². The summed E-state index contributed by atoms with van der Waals surface area (Å²) in [6.07, 6.45) is 0.525. The summed E-state index contributed by atoms with van der Waals surface area (Å²) in [7, 11) is 1.61. The number of hydrogen-bond donors (Lipinski definition) is 3. The highest BCUT2D eigenvalue weighted by atomic mass is 16.5. The molecule has 0 fully saturated rings. The molecular formula is C18H22N2O3. The maximum absolute atomic E-state index is 12.4. The Hall–Kier alpha value is -2.53. The molecule has 23 heavy (non-hydrogen) atoms. The van der Waals surface area contributed by atoms with Gasteiger partial charge >= 0.3 is 0 Å². The molecule has 0 aliphatic carbocycles. The fourth-order valence-electron chi connectivity index (χ4n) is 2.21. The van der Waals surface area contributed by atoms with Crippen molar-refractivity contribution >= 4 is 17.3 Å². The Balaban J connectivity index is 2.18. The Bertz CT molecular complexity index is 658. The number of anilines is 2. The van der Waals surface area contributed by atoms with Gasteiger partial charge in [0, 0.05) is 24.4 Å². The van der Waals surface area contributed by atoms with Crippen LogP contribution in [-0.2, 0) is 0 Å². The molecule has 122 valence electrons. The Morgan fingerprint density at radius 2 is 2.00 bits per heavy atom. The number of hydrogen-bond acceptors (Lipinski definition) is 4. The molecule has 0 bridgehead atoms. The zero-order valence-electron chi connectivity index (χ0n) is 13.4. The molecule has 0 saturated heterocycles. The van der Waals surface area contributed by atoms with E-state index < -0.39 is 0 Å². The minimum absolute atomic E-state index is 0.0468. The number of carbonyl (C=O) groups is 1. The second kappa shape index (κ2) is 8.19. The van der Waals surface area contributed by atoms with Crippen molar-refractivity contribution < 1.29 is 14.6 Å². The smallest absolute Gasteiger partial charge is 0.253 e. The van der Waals surface area contributed by atoms with Gasteiger partial charge in [0.05, 0.1) is 18.4 Å². The predicted octanol–water partition coefficient (Wildman–Crippen LogP) is 2.94. The lowest BCUT2D eigenvalue weighted by atomic mass is 10.1. The van der Waals surface area contributed by atoms with E-state index in [-0.39, 0.29) is 18.6 Å². The number of aliphatic hydroxyl groups is 1. The largest absolute Gasteiger partial charge is 0.497 e. The highest BCUT2D eigenvalue weighted by Crippen LogP contribution is 2.24. The maximum Gasteiger partial charge on any atom is 0.253 e. The van der Waals surface area contributed by atoms with Gasteiger partial charge in [-0.05, 0) is 37.6 Å². The number of aliphatic hydroxyl groups excluding tert-OH is 1. The van der Waals surface area contributed by atoms with Gasteiger partial charge in [0.25, 0.3) is 5.91 Å². The molecular weight excluding hydrogens is 292 g/mol. The van der Waals surface area contributed by atoms with E-state index >= 15 is 0 Å². The number of carbonyl (C=O) groups excluding carboxylic acids is 1. The third kappa shape index (κ3) is 4.72. The Labute approximate surface area is 136 Å². The molecule has 1 unspecified atom stereocenters. The molecule has 0 saturated carbocycles. The van der Waals surface area contributed by atoms with E-state index in [4.69, 9.17) is 9.84 Å². The van der Waals surface area contributed by atoms with Crippen molar-refractivity contribution in [1.29, 1.82) is 0 Å². The molecule has 0 aliphatic heterocycles. The van der Waals surface area contributed by atoms with Crippen molar-refractivity contribution in [2.24, 2.45) is 0 Å². The average molecular weight is 314 g/mol. The van der Waals surface area contributed by atoms with E-state index in [1.165, 1.54) is 0 Å². The average Bonchev–Trinajstić information content (AvgIpc) is 2.55. The SMILES string of the molecule is COc1cccc(Nc2ccccc2C(=O)NC(C)CCO)c1. The number of methoxy groups -OCH3 is 1. The molecule has 3 N–H and O–H groups in total. The van der Waals surface area contributed by atoms with Crippen LogP contribution < -0.4 is 15.4 Å². The van der Waals surface area contributed by atoms with Gasteiger partial charge < -0.3 is 20.5 Å². The lowest BCUT2D eigenvalue weighted by Crippen LogP contribution is -2.33. The van der Waals surface area contributed by atoms with Crippen molar-refractivity contribution in [2.45, 2.75) is 19.4 Å². The van der Waals surface area contributed by atoms with Gasteiger partial charge in [-0.1, -0.05) is 18.2 Å². The van der Waals surface area contributed by atoms with Crippen molar-refractivity contribution in [3.8, 4) is 5.75 Å². The van der Waals surface area contributed by atoms with Crippen LogP contribution in [0, 0.1) is 0 Å². The molecule has 2 aromatic carbocycles. The van der Waals surface area contributed by atoms with Crippen LogP contribution in [0.2, 0.25) is 0 Å². The quantitative estimate of drug-likeness (QED) is 0.735. The van der Waals surface area contributed by atoms with Crippen LogP contribution in [0.4, 0.5) is 11.4 Å². The number of nitrogens with one attached hydrogen (secondary N) is 2. The molecule has 1 amide bonds. The van der Waals surface area contributed by atoms with E-state index in [1.54, 1.807) is 13.2 Å². The summed E-state index contributed by atoms with van der Waals surface area (Å²) in [6.45, 7) is 1.91. The Morgan fingerprint density at radius 3 is 2.74 bits per heavy atom. The van der Waals surface area contributed by atoms with Crippen LogP contribution in [-0.4, -0.2) is 30.8 Å². The molecule has 5 heteroatoms. The maximum atomic E-state index is 12.4. The fraction of sp³-hybridized carbons (Fsp3) is 0.278. The topological polar surface area (TPSA) is 70.6 Å². The molecule has 2 rings (SSSR count). The van der Waals surface area contributed by atoms with Gasteiger partial charge in [0.1, 0.15) is 5.75 Å². The van der Waals surface area contributed by atoms with Crippen LogP contribution in [0.1, 0.15) is 23.7 Å². The van der Waals surface area contributed by atoms with E-state index in [2.05, 4.69) is 10.6 Å². The van der Waals surface area contributed by atoms with Crippen LogP contribution in [0.15, 0.2) is 48.5 Å². The lowest BCUT2D eigenvalue weighted by Gasteiger charge is -2.16. The molecule has 0 aromatic heterocycles. The lowest BCUT2D eigenvalue weighted by molar-refractivity contribution is 0.0935. The minimum Gasteiger partial charge on any atom is -0.497 e. The molecule has 1 atom stereocenters. The number of benzene rings is 2. The summed E-state index contributed by atoms with van der Waals surface area (Å²) in [4.78, 5) is 12.4. The number of amides is 1. The summed E-state index contributed by atoms with van der Waals surface area (Å²) in [5, 5.41) is 15.1. The zero-order chi connectivity index (χ0) is 16.7. The monoisotopic (exact) mass is 314 g/mol. The third-order valence-electron chi connectivity index (χ3n) is 3.46. The molecule has 0 spiro atoms. The summed E-state index contributed by atoms with van der Waals surface area (Å²) in [5.41, 5.74) is 2.11. The predicted molar refractivity (Wildman–Crippen MR) is 91.3 cm³/mol. The Kier molecular flexibility index (Phi) is 6.00. The second-order valence-corrected chi connectivity index (χ2v) is 5.29. The van der Waals surface area contributed by atoms with Gasteiger partial charge in [0.2, 0.25) is 0 Å². The van der Waals surface area contributed by atoms with E-state index in [1.807, 2.05) is 49.4 Å². The first-order valence-corrected chi connectivity index (χ1v) is 7.56. The third-order valence-corrected chi connectivity index (χ3v) is 3.46. The van der Waals surface area contributed by atoms with Crippen LogP contribution in [0.3, 0.4) is 0 Å². The van der Waals surface area contributed by atoms with Crippen molar-refractivity contribution in [2.75, 3.05) is 19.0 Å². The first kappa shape index (κ1) is 16.8. The summed E-state index contributed by atoms with van der Waals surface area (Å²) < 4.78 is 5.21. The van der Waals surface area contributed by atoms with Crippen molar-refractivity contribution in [3.63, 3.8) is 0 Å². The highest BCUT2D eigenvalue weighted by Gasteiger charge is 2.13. The van der Waals surface area contributed by atoms with Crippen LogP contribution >= 0.6 is 0 Å². The molecule has 5 nitrogen and oxygen atoms in total. The normalized spacial score (nSPS) is 11.6. The first-order valence-electron chi connectivity index (χ1n) is 7.56. The van der Waals surface area contributed by atoms with Gasteiger partial charge in [-0.25, -0.2) is 0 Å². The number of para-hydroxylation sites is 1. The van der Waals surface area contributed by atoms with E-state index in [0.29, 0.717) is 12.0 Å². The molecule has 0 radical (unpaired) electrons. The second-order valence-electron chi connectivity index (χ2n) is 5.29. The number of ether oxygens (including phenoxy) is 1. The van der Waals surface area contributed by atoms with Crippen LogP contribution in [0.5, 0.6) is 5.75 Å². The van der Waals surface area contributed by atoms with Crippen molar-refractivity contribution in [1.82, 2.24) is 5.32 Å². The zero-order valence-corrected chi connectivity index (χ0v) is 13.4. The van der Waals surface area contributed by atoms with Crippen LogP contribution in [0.25, 0.3) is 0 Å². The fourth-order valence-corrected chi connectivity index (χ4v) is 2.21. The standard InChI is InChI=1S/C18H22N2O3/c1-13(10-11-21)19-18(22)16-8-3-4-9-17(16)20-14-6-5-7-15(12-14)23-2/h3-9,12-13,20-21H,10-11H2,1-2H3,(H,19,22). The van der Waals surface area contributed by atoms with Crippen molar-refractivity contribution in [3.05, 3.63) is 54.1 Å². The minimum atomic E-state index is -0.169. The van der Waals surface area contributed by atoms with Gasteiger partial charge in [-0.15, -0.1) is 0 Å². The number of rotatable bonds is 7.